The second-order valence-electron chi connectivity index (χ2n) is 9.80. The summed E-state index contributed by atoms with van der Waals surface area (Å²) >= 11 is 1.26. The van der Waals surface area contributed by atoms with E-state index in [1.54, 1.807) is 6.20 Å². The van der Waals surface area contributed by atoms with Crippen LogP contribution >= 0.6 is 11.3 Å². The molecule has 4 aliphatic carbocycles. The minimum absolute atomic E-state index is 0.127. The van der Waals surface area contributed by atoms with E-state index in [-0.39, 0.29) is 30.1 Å². The standard InChI is InChI=1S/C24H27F2N3O2S/c25-18-2-1-17(20(26)9-18)8-19-13-28-23(32-19)29-21(30)3-4-27-22(31)24-10-14-5-15(11-24)7-16(6-14)12-24/h1-2,9,13-16H,3-8,10-12H2,(H,27,31)(H,28,29,30). The van der Waals surface area contributed by atoms with E-state index in [9.17, 15) is 18.4 Å². The lowest BCUT2D eigenvalue weighted by Gasteiger charge is -2.55. The summed E-state index contributed by atoms with van der Waals surface area (Å²) < 4.78 is 26.9. The van der Waals surface area contributed by atoms with Gasteiger partial charge in [-0.15, -0.1) is 11.3 Å². The third-order valence-electron chi connectivity index (χ3n) is 7.34. The molecule has 6 rings (SSSR count). The van der Waals surface area contributed by atoms with E-state index in [2.05, 4.69) is 15.6 Å². The van der Waals surface area contributed by atoms with Crippen molar-refractivity contribution < 1.29 is 18.4 Å². The number of rotatable bonds is 7. The monoisotopic (exact) mass is 459 g/mol. The van der Waals surface area contributed by atoms with Crippen molar-refractivity contribution in [1.82, 2.24) is 10.3 Å². The predicted molar refractivity (Wildman–Crippen MR) is 118 cm³/mol. The summed E-state index contributed by atoms with van der Waals surface area (Å²) in [6.45, 7) is 0.311. The molecule has 1 heterocycles. The van der Waals surface area contributed by atoms with Gasteiger partial charge in [-0.2, -0.15) is 0 Å². The summed E-state index contributed by atoms with van der Waals surface area (Å²) in [5, 5.41) is 6.19. The molecule has 1 aromatic heterocycles. The molecule has 4 saturated carbocycles. The molecule has 2 aromatic rings. The van der Waals surface area contributed by atoms with Crippen LogP contribution in [-0.2, 0) is 16.0 Å². The Balaban J connectivity index is 1.09. The predicted octanol–water partition coefficient (Wildman–Crippen LogP) is 4.67. The third-order valence-corrected chi connectivity index (χ3v) is 8.25. The number of nitrogens with one attached hydrogen (secondary N) is 2. The van der Waals surface area contributed by atoms with Crippen molar-refractivity contribution >= 4 is 28.3 Å². The molecule has 8 heteroatoms. The molecule has 0 unspecified atom stereocenters. The second-order valence-corrected chi connectivity index (χ2v) is 10.9. The van der Waals surface area contributed by atoms with Crippen LogP contribution in [0.1, 0.15) is 55.4 Å². The highest BCUT2D eigenvalue weighted by Gasteiger charge is 2.54. The van der Waals surface area contributed by atoms with Crippen LogP contribution in [0.4, 0.5) is 13.9 Å². The maximum Gasteiger partial charge on any atom is 0.227 e. The lowest BCUT2D eigenvalue weighted by Crippen LogP contribution is -2.53. The van der Waals surface area contributed by atoms with Gasteiger partial charge in [0, 0.05) is 41.9 Å². The third kappa shape index (κ3) is 4.42. The SMILES string of the molecule is O=C(CCNC(=O)C12CC3CC(CC(C3)C1)C2)Nc1ncc(Cc2ccc(F)cc2F)s1. The molecule has 5 nitrogen and oxygen atoms in total. The van der Waals surface area contributed by atoms with Gasteiger partial charge in [0.15, 0.2) is 5.13 Å². The minimum atomic E-state index is -0.612. The van der Waals surface area contributed by atoms with Crippen LogP contribution in [0.25, 0.3) is 0 Å². The Morgan fingerprint density at radius 1 is 1.09 bits per heavy atom. The number of thiazole rings is 1. The van der Waals surface area contributed by atoms with Gasteiger partial charge in [0.25, 0.3) is 0 Å². The van der Waals surface area contributed by atoms with Gasteiger partial charge in [-0.25, -0.2) is 13.8 Å². The van der Waals surface area contributed by atoms with E-state index < -0.39 is 11.6 Å². The summed E-state index contributed by atoms with van der Waals surface area (Å²) in [5.41, 5.74) is 0.172. The molecule has 0 saturated heterocycles. The Bertz CT molecular complexity index is 1000. The van der Waals surface area contributed by atoms with Crippen LogP contribution in [0.15, 0.2) is 24.4 Å². The number of carbonyl (C=O) groups excluding carboxylic acids is 2. The second kappa shape index (κ2) is 8.54. The summed E-state index contributed by atoms with van der Waals surface area (Å²) in [6, 6.07) is 3.49. The van der Waals surface area contributed by atoms with Crippen molar-refractivity contribution in [2.24, 2.45) is 23.2 Å². The number of aromatic nitrogens is 1. The maximum absolute atomic E-state index is 13.8. The van der Waals surface area contributed by atoms with Crippen LogP contribution in [0.5, 0.6) is 0 Å². The van der Waals surface area contributed by atoms with Gasteiger partial charge in [-0.05, 0) is 67.9 Å². The van der Waals surface area contributed by atoms with Crippen molar-refractivity contribution in [1.29, 1.82) is 0 Å². The van der Waals surface area contributed by atoms with Gasteiger partial charge in [-0.1, -0.05) is 6.07 Å². The lowest BCUT2D eigenvalue weighted by atomic mass is 9.49. The van der Waals surface area contributed by atoms with Crippen LogP contribution in [0.3, 0.4) is 0 Å². The average Bonchev–Trinajstić information content (AvgIpc) is 3.16. The number of hydrogen-bond acceptors (Lipinski definition) is 4. The van der Waals surface area contributed by atoms with Crippen molar-refractivity contribution in [2.45, 2.75) is 51.4 Å². The molecule has 2 amide bonds. The van der Waals surface area contributed by atoms with Crippen molar-refractivity contribution in [3.63, 3.8) is 0 Å². The van der Waals surface area contributed by atoms with Gasteiger partial charge in [0.05, 0.1) is 0 Å². The number of benzene rings is 1. The number of carbonyl (C=O) groups is 2. The molecule has 4 aliphatic rings. The first-order valence-corrected chi connectivity index (χ1v) is 12.2. The number of hydrogen-bond donors (Lipinski definition) is 2. The van der Waals surface area contributed by atoms with E-state index in [1.165, 1.54) is 42.7 Å². The zero-order valence-corrected chi connectivity index (χ0v) is 18.6. The molecule has 2 N–H and O–H groups in total. The van der Waals surface area contributed by atoms with E-state index in [0.29, 0.717) is 35.0 Å². The lowest BCUT2D eigenvalue weighted by molar-refractivity contribution is -0.146. The van der Waals surface area contributed by atoms with Gasteiger partial charge < -0.3 is 10.6 Å². The topological polar surface area (TPSA) is 71.1 Å². The van der Waals surface area contributed by atoms with Crippen LogP contribution < -0.4 is 10.6 Å². The Labute approximate surface area is 190 Å². The van der Waals surface area contributed by atoms with E-state index in [0.717, 1.165) is 30.2 Å². The highest BCUT2D eigenvalue weighted by atomic mass is 32.1. The highest BCUT2D eigenvalue weighted by molar-refractivity contribution is 7.15. The molecule has 0 spiro atoms. The molecular formula is C24H27F2N3O2S. The Morgan fingerprint density at radius 3 is 2.44 bits per heavy atom. The molecule has 0 aliphatic heterocycles. The summed E-state index contributed by atoms with van der Waals surface area (Å²) in [6.07, 6.45) is 8.93. The zero-order valence-electron chi connectivity index (χ0n) is 17.8. The van der Waals surface area contributed by atoms with E-state index in [1.807, 2.05) is 0 Å². The van der Waals surface area contributed by atoms with Gasteiger partial charge in [0.2, 0.25) is 11.8 Å². The molecular weight excluding hydrogens is 432 g/mol. The maximum atomic E-state index is 13.8. The normalized spacial score (nSPS) is 28.0. The molecule has 0 radical (unpaired) electrons. The van der Waals surface area contributed by atoms with Crippen molar-refractivity contribution in [3.8, 4) is 0 Å². The molecule has 4 fully saturated rings. The minimum Gasteiger partial charge on any atom is -0.355 e. The summed E-state index contributed by atoms with van der Waals surface area (Å²) in [4.78, 5) is 30.2. The Morgan fingerprint density at radius 2 is 1.78 bits per heavy atom. The summed E-state index contributed by atoms with van der Waals surface area (Å²) in [5.74, 6) is 0.817. The fourth-order valence-electron chi connectivity index (χ4n) is 6.35. The number of halogens is 2. The number of nitrogens with zero attached hydrogens (tertiary/aromatic N) is 1. The van der Waals surface area contributed by atoms with Crippen molar-refractivity contribution in [3.05, 3.63) is 46.5 Å². The first-order chi connectivity index (χ1) is 15.4. The Hall–Kier alpha value is -2.35. The fraction of sp³-hybridized carbons (Fsp3) is 0.542. The molecule has 32 heavy (non-hydrogen) atoms. The van der Waals surface area contributed by atoms with Gasteiger partial charge in [-0.3, -0.25) is 9.59 Å². The molecule has 0 atom stereocenters. The number of amides is 2. The largest absolute Gasteiger partial charge is 0.355 e. The summed E-state index contributed by atoms with van der Waals surface area (Å²) in [7, 11) is 0. The zero-order chi connectivity index (χ0) is 22.3. The van der Waals surface area contributed by atoms with Crippen LogP contribution in [-0.4, -0.2) is 23.3 Å². The molecule has 1 aromatic carbocycles. The quantitative estimate of drug-likeness (QED) is 0.632. The molecule has 170 valence electrons. The first-order valence-electron chi connectivity index (χ1n) is 11.4. The highest BCUT2D eigenvalue weighted by Crippen LogP contribution is 2.60. The average molecular weight is 460 g/mol. The van der Waals surface area contributed by atoms with E-state index in [4.69, 9.17) is 0 Å². The number of anilines is 1. The fourth-order valence-corrected chi connectivity index (χ4v) is 7.20. The van der Waals surface area contributed by atoms with Gasteiger partial charge >= 0.3 is 0 Å². The van der Waals surface area contributed by atoms with Crippen LogP contribution in [0, 0.1) is 34.8 Å². The molecule has 4 bridgehead atoms. The first kappa shape index (κ1) is 21.5. The van der Waals surface area contributed by atoms with E-state index >= 15 is 0 Å². The van der Waals surface area contributed by atoms with Gasteiger partial charge in [0.1, 0.15) is 11.6 Å². The van der Waals surface area contributed by atoms with Crippen LogP contribution in [0.2, 0.25) is 0 Å². The smallest absolute Gasteiger partial charge is 0.227 e. The Kier molecular flexibility index (Phi) is 5.73. The van der Waals surface area contributed by atoms with Crippen molar-refractivity contribution in [2.75, 3.05) is 11.9 Å².